The molecule has 0 aromatic heterocycles. The third-order valence-corrected chi connectivity index (χ3v) is 10.7. The lowest BCUT2D eigenvalue weighted by Gasteiger charge is -2.23. The number of nitrogens with zero attached hydrogens (tertiary/aromatic N) is 1. The number of esters is 2. The highest BCUT2D eigenvalue weighted by Gasteiger charge is 2.26. The largest absolute Gasteiger partial charge is 0.501 e. The zero-order valence-electron chi connectivity index (χ0n) is 37.9. The highest BCUT2D eigenvalue weighted by Crippen LogP contribution is 2.43. The number of carbonyl (C=O) groups excluding carboxylic acids is 2. The summed E-state index contributed by atoms with van der Waals surface area (Å²) in [4.78, 5) is 39.9. The van der Waals surface area contributed by atoms with Crippen LogP contribution in [-0.4, -0.2) is 74.9 Å². The number of allylic oxidation sites excluding steroid dienone is 4. The van der Waals surface area contributed by atoms with E-state index in [1.165, 1.54) is 103 Å². The van der Waals surface area contributed by atoms with Crippen LogP contribution in [0.15, 0.2) is 24.3 Å². The third kappa shape index (κ3) is 44.0. The summed E-state index contributed by atoms with van der Waals surface area (Å²) in [7, 11) is 1.21. The first kappa shape index (κ1) is 56.4. The van der Waals surface area contributed by atoms with Crippen LogP contribution in [0.25, 0.3) is 0 Å². The molecule has 0 saturated heterocycles. The number of hydrogen-bond donors (Lipinski definition) is 1. The van der Waals surface area contributed by atoms with Crippen LogP contribution in [0, 0.1) is 0 Å². The highest BCUT2D eigenvalue weighted by atomic mass is 31.2. The molecule has 0 heterocycles. The Morgan fingerprint density at radius 3 is 1.40 bits per heavy atom. The second-order valence-electron chi connectivity index (χ2n) is 16.9. The van der Waals surface area contributed by atoms with Crippen molar-refractivity contribution in [2.75, 3.05) is 47.5 Å². The van der Waals surface area contributed by atoms with E-state index in [-0.39, 0.29) is 38.6 Å². The number of unbranched alkanes of at least 4 members (excludes halogenated alkanes) is 24. The van der Waals surface area contributed by atoms with Crippen LogP contribution in [-0.2, 0) is 42.8 Å². The molecule has 0 amide bonds. The minimum absolute atomic E-state index is 0.0377. The number of phosphoric ester groups is 1. The van der Waals surface area contributed by atoms with Gasteiger partial charge in [-0.2, -0.15) is 0 Å². The molecule has 0 aromatic rings. The fourth-order valence-electron chi connectivity index (χ4n) is 6.27. The van der Waals surface area contributed by atoms with Gasteiger partial charge < -0.3 is 18.9 Å². The molecular weight excluding hydrogens is 757 g/mol. The maximum absolute atomic E-state index is 12.7. The maximum Gasteiger partial charge on any atom is 0.501 e. The Hall–Kier alpha value is -1.59. The zero-order valence-corrected chi connectivity index (χ0v) is 38.8. The van der Waals surface area contributed by atoms with Gasteiger partial charge in [-0.25, -0.2) is 9.45 Å². The fourth-order valence-corrected chi connectivity index (χ4v) is 6.74. The number of likely N-dealkylation sites (N-methyl/N-ethyl adjacent to an activating group) is 1. The molecule has 0 aliphatic heterocycles. The number of ether oxygens (including phenoxy) is 2. The average Bonchev–Trinajstić information content (AvgIpc) is 3.17. The molecule has 11 nitrogen and oxygen atoms in total. The van der Waals surface area contributed by atoms with Gasteiger partial charge in [-0.1, -0.05) is 163 Å². The van der Waals surface area contributed by atoms with Gasteiger partial charge in [0.15, 0.2) is 6.10 Å². The van der Waals surface area contributed by atoms with Crippen LogP contribution in [0.1, 0.15) is 206 Å². The predicted octanol–water partition coefficient (Wildman–Crippen LogP) is 13.0. The Kier molecular flexibility index (Phi) is 39.7. The quantitative estimate of drug-likeness (QED) is 0.0120. The minimum Gasteiger partial charge on any atom is -0.462 e. The summed E-state index contributed by atoms with van der Waals surface area (Å²) in [5, 5.41) is 4.47. The Labute approximate surface area is 355 Å². The molecule has 0 spiro atoms. The van der Waals surface area contributed by atoms with Crippen LogP contribution < -0.4 is 0 Å². The molecule has 0 aromatic carbocycles. The highest BCUT2D eigenvalue weighted by molar-refractivity contribution is 7.47. The maximum atomic E-state index is 12.7. The lowest BCUT2D eigenvalue weighted by atomic mass is 10.1. The fraction of sp³-hybridized carbons (Fsp3) is 0.870. The number of carbonyl (C=O) groups is 2. The molecule has 0 saturated carbocycles. The summed E-state index contributed by atoms with van der Waals surface area (Å²) >= 11 is 0. The first-order valence-corrected chi connectivity index (χ1v) is 24.9. The number of quaternary nitrogens is 1. The van der Waals surface area contributed by atoms with E-state index in [0.717, 1.165) is 70.6 Å². The van der Waals surface area contributed by atoms with Gasteiger partial charge in [0.25, 0.3) is 0 Å². The third-order valence-electron chi connectivity index (χ3n) is 9.96. The SMILES string of the molecule is CCCCCCCCC/C=C/CCCCCCCC(=O)OCC(COOOP(=O)(O)OCC[N+](C)(C)C)OC(=O)CCCCCCC/C=C/CCCCCCCCC. The Bertz CT molecular complexity index is 1050. The van der Waals surface area contributed by atoms with E-state index in [9.17, 15) is 19.0 Å². The molecular formula is C46H89NO10P+. The van der Waals surface area contributed by atoms with Gasteiger partial charge >= 0.3 is 19.8 Å². The zero-order chi connectivity index (χ0) is 42.8. The normalized spacial score (nSPS) is 13.7. The Morgan fingerprint density at radius 2 is 0.966 bits per heavy atom. The molecule has 2 atom stereocenters. The first-order chi connectivity index (χ1) is 28.0. The van der Waals surface area contributed by atoms with Crippen molar-refractivity contribution >= 4 is 19.8 Å². The number of hydrogen-bond acceptors (Lipinski definition) is 9. The van der Waals surface area contributed by atoms with Crippen molar-refractivity contribution in [2.24, 2.45) is 0 Å². The lowest BCUT2D eigenvalue weighted by molar-refractivity contribution is -0.870. The Balaban J connectivity index is 4.38. The van der Waals surface area contributed by atoms with Crippen LogP contribution in [0.2, 0.25) is 0 Å². The summed E-state index contributed by atoms with van der Waals surface area (Å²) in [6.07, 6.45) is 42.0. The second kappa shape index (κ2) is 40.8. The van der Waals surface area contributed by atoms with Crippen molar-refractivity contribution in [1.29, 1.82) is 0 Å². The summed E-state index contributed by atoms with van der Waals surface area (Å²) < 4.78 is 32.9. The smallest absolute Gasteiger partial charge is 0.462 e. The topological polar surface area (TPSA) is 127 Å². The molecule has 12 heteroatoms. The predicted molar refractivity (Wildman–Crippen MR) is 236 cm³/mol. The van der Waals surface area contributed by atoms with E-state index in [1.807, 2.05) is 21.1 Å². The molecule has 342 valence electrons. The molecule has 2 unspecified atom stereocenters. The van der Waals surface area contributed by atoms with E-state index in [4.69, 9.17) is 18.9 Å². The molecule has 0 aliphatic carbocycles. The number of rotatable bonds is 44. The summed E-state index contributed by atoms with van der Waals surface area (Å²) in [6.45, 7) is 4.32. The molecule has 58 heavy (non-hydrogen) atoms. The summed E-state index contributed by atoms with van der Waals surface area (Å²) in [5.74, 6) is -0.826. The van der Waals surface area contributed by atoms with Gasteiger partial charge in [0, 0.05) is 12.8 Å². The summed E-state index contributed by atoms with van der Waals surface area (Å²) in [6, 6.07) is 0. The van der Waals surface area contributed by atoms with Crippen LogP contribution in [0.5, 0.6) is 0 Å². The lowest BCUT2D eigenvalue weighted by Crippen LogP contribution is -2.37. The minimum atomic E-state index is -4.53. The van der Waals surface area contributed by atoms with Crippen LogP contribution in [0.4, 0.5) is 0 Å². The Morgan fingerprint density at radius 1 is 0.569 bits per heavy atom. The second-order valence-corrected chi connectivity index (χ2v) is 18.3. The molecule has 0 rings (SSSR count). The molecule has 0 fully saturated rings. The van der Waals surface area contributed by atoms with Crippen molar-refractivity contribution in [3.63, 3.8) is 0 Å². The van der Waals surface area contributed by atoms with Gasteiger partial charge in [-0.05, 0) is 64.2 Å². The number of phosphoric acid groups is 1. The van der Waals surface area contributed by atoms with Crippen molar-refractivity contribution in [1.82, 2.24) is 0 Å². The van der Waals surface area contributed by atoms with Crippen molar-refractivity contribution in [3.8, 4) is 0 Å². The average molecular weight is 847 g/mol. The summed E-state index contributed by atoms with van der Waals surface area (Å²) in [5.41, 5.74) is 0. The van der Waals surface area contributed by atoms with Gasteiger partial charge in [-0.3, -0.25) is 14.1 Å². The van der Waals surface area contributed by atoms with Crippen LogP contribution >= 0.6 is 7.82 Å². The van der Waals surface area contributed by atoms with E-state index < -0.39 is 19.9 Å². The van der Waals surface area contributed by atoms with E-state index in [0.29, 0.717) is 17.4 Å². The molecule has 0 bridgehead atoms. The van der Waals surface area contributed by atoms with Gasteiger partial charge in [0.2, 0.25) is 0 Å². The standard InChI is InChI=1S/C46H88NO10P/c1-6-8-10-12-14-16-18-20-22-24-26-28-30-32-34-36-38-45(48)52-42-44(43-53-56-57-58(50,51)54-41-40-47(3,4)5)55-46(49)39-37-35-33-31-29-27-25-23-21-19-17-15-13-11-9-7-2/h22-25,44H,6-21,26-43H2,1-5H3/p+1/b24-22+,25-23+. The van der Waals surface area contributed by atoms with Crippen LogP contribution in [0.3, 0.4) is 0 Å². The van der Waals surface area contributed by atoms with E-state index >= 15 is 0 Å². The van der Waals surface area contributed by atoms with Gasteiger partial charge in [-0.15, -0.1) is 0 Å². The van der Waals surface area contributed by atoms with Crippen molar-refractivity contribution in [3.05, 3.63) is 24.3 Å². The van der Waals surface area contributed by atoms with Gasteiger partial charge in [0.1, 0.15) is 26.4 Å². The first-order valence-electron chi connectivity index (χ1n) is 23.4. The monoisotopic (exact) mass is 847 g/mol. The molecule has 1 N–H and O–H groups in total. The molecule has 0 aliphatic rings. The van der Waals surface area contributed by atoms with Gasteiger partial charge in [0.05, 0.1) is 21.1 Å². The van der Waals surface area contributed by atoms with E-state index in [2.05, 4.69) is 47.9 Å². The van der Waals surface area contributed by atoms with E-state index in [1.54, 1.807) is 0 Å². The molecule has 0 radical (unpaired) electrons. The van der Waals surface area contributed by atoms with Crippen molar-refractivity contribution < 1.29 is 52.1 Å². The van der Waals surface area contributed by atoms with Crippen molar-refractivity contribution in [2.45, 2.75) is 213 Å².